The number of hydrogen-bond acceptors (Lipinski definition) is 2. The first-order valence-corrected chi connectivity index (χ1v) is 11.3. The molecular formula is C29H30N4O. The van der Waals surface area contributed by atoms with Crippen LogP contribution in [-0.4, -0.2) is 16.8 Å². The van der Waals surface area contributed by atoms with Gasteiger partial charge in [-0.2, -0.15) is 5.10 Å². The van der Waals surface area contributed by atoms with Crippen LogP contribution in [0.3, 0.4) is 0 Å². The summed E-state index contributed by atoms with van der Waals surface area (Å²) in [6.45, 7) is 10.7. The summed E-state index contributed by atoms with van der Waals surface area (Å²) >= 11 is 0. The summed E-state index contributed by atoms with van der Waals surface area (Å²) in [4.78, 5) is 12.6. The van der Waals surface area contributed by atoms with Crippen molar-refractivity contribution >= 4 is 28.7 Å². The van der Waals surface area contributed by atoms with Crippen molar-refractivity contribution < 1.29 is 4.79 Å². The molecule has 0 aliphatic heterocycles. The third-order valence-corrected chi connectivity index (χ3v) is 5.89. The number of rotatable bonds is 7. The summed E-state index contributed by atoms with van der Waals surface area (Å²) < 4.78 is 2.20. The topological polar surface area (TPSA) is 58.4 Å². The fraction of sp³-hybridized carbons (Fsp3) is 0.172. The molecule has 0 bridgehead atoms. The number of carbonyl (C=O) groups is 1. The first kappa shape index (κ1) is 23.1. The number of nitrogens with zero attached hydrogens (tertiary/aromatic N) is 2. The van der Waals surface area contributed by atoms with E-state index in [4.69, 9.17) is 0 Å². The van der Waals surface area contributed by atoms with Crippen LogP contribution in [0.5, 0.6) is 0 Å². The van der Waals surface area contributed by atoms with Crippen LogP contribution in [-0.2, 0) is 12.1 Å². The summed E-state index contributed by atoms with van der Waals surface area (Å²) in [5, 5.41) is 8.31. The number of urea groups is 1. The summed E-state index contributed by atoms with van der Waals surface area (Å²) in [5.74, 6) is 0. The summed E-state index contributed by atoms with van der Waals surface area (Å²) in [6.07, 6.45) is 3.76. The Morgan fingerprint density at radius 3 is 2.53 bits per heavy atom. The molecule has 172 valence electrons. The Labute approximate surface area is 200 Å². The quantitative estimate of drug-likeness (QED) is 0.252. The molecule has 0 spiro atoms. The van der Waals surface area contributed by atoms with Crippen molar-refractivity contribution in [3.05, 3.63) is 114 Å². The molecule has 3 aromatic carbocycles. The van der Waals surface area contributed by atoms with Crippen LogP contribution in [0.25, 0.3) is 16.5 Å². The van der Waals surface area contributed by atoms with E-state index in [1.54, 1.807) is 6.21 Å². The molecule has 2 N–H and O–H groups in total. The van der Waals surface area contributed by atoms with Gasteiger partial charge >= 0.3 is 6.03 Å². The summed E-state index contributed by atoms with van der Waals surface area (Å²) in [5.41, 5.74) is 8.36. The van der Waals surface area contributed by atoms with Crippen LogP contribution >= 0.6 is 0 Å². The van der Waals surface area contributed by atoms with Crippen LogP contribution in [0, 0.1) is 0 Å². The number of carbonyl (C=O) groups excluding carboxylic acids is 1. The average Bonchev–Trinajstić information content (AvgIpc) is 3.17. The van der Waals surface area contributed by atoms with Gasteiger partial charge in [-0.1, -0.05) is 78.9 Å². The molecule has 0 saturated carbocycles. The highest BCUT2D eigenvalue weighted by molar-refractivity contribution is 5.99. The van der Waals surface area contributed by atoms with Gasteiger partial charge in [-0.05, 0) is 49.6 Å². The predicted molar refractivity (Wildman–Crippen MR) is 141 cm³/mol. The second kappa shape index (κ2) is 9.79. The molecule has 4 aromatic rings. The molecule has 0 fully saturated rings. The molecule has 0 saturated heterocycles. The highest BCUT2D eigenvalue weighted by Crippen LogP contribution is 2.24. The first-order valence-electron chi connectivity index (χ1n) is 11.3. The first-order chi connectivity index (χ1) is 16.3. The smallest absolute Gasteiger partial charge is 0.335 e. The van der Waals surface area contributed by atoms with Gasteiger partial charge in [-0.25, -0.2) is 10.2 Å². The molecule has 34 heavy (non-hydrogen) atoms. The van der Waals surface area contributed by atoms with Crippen molar-refractivity contribution in [3.63, 3.8) is 0 Å². The van der Waals surface area contributed by atoms with Crippen molar-refractivity contribution in [1.29, 1.82) is 0 Å². The van der Waals surface area contributed by atoms with Crippen LogP contribution in [0.1, 0.15) is 43.0 Å². The Hall–Kier alpha value is -4.12. The van der Waals surface area contributed by atoms with E-state index in [-0.39, 0.29) is 6.03 Å². The maximum atomic E-state index is 12.6. The number of hydrazone groups is 1. The summed E-state index contributed by atoms with van der Waals surface area (Å²) in [7, 11) is 0. The van der Waals surface area contributed by atoms with Gasteiger partial charge in [0, 0.05) is 29.2 Å². The fourth-order valence-electron chi connectivity index (χ4n) is 4.01. The number of aromatic nitrogens is 1. The van der Waals surface area contributed by atoms with Crippen molar-refractivity contribution in [3.8, 4) is 0 Å². The van der Waals surface area contributed by atoms with E-state index in [2.05, 4.69) is 57.5 Å². The zero-order valence-electron chi connectivity index (χ0n) is 19.9. The minimum absolute atomic E-state index is 0.366. The lowest BCUT2D eigenvalue weighted by Crippen LogP contribution is -2.45. The molecule has 5 heteroatoms. The number of para-hydroxylation sites is 1. The molecule has 1 heterocycles. The normalized spacial score (nSPS) is 11.6. The van der Waals surface area contributed by atoms with Gasteiger partial charge in [0.1, 0.15) is 0 Å². The van der Waals surface area contributed by atoms with Crippen molar-refractivity contribution in [2.45, 2.75) is 32.9 Å². The number of amides is 2. The Kier molecular flexibility index (Phi) is 6.64. The third-order valence-electron chi connectivity index (χ3n) is 5.89. The SMILES string of the molecule is C=C(C)c1cccc(C(C)(C)NC(=O)NN=Cc2cn(Cc3ccccc3)c3ccccc23)c1. The van der Waals surface area contributed by atoms with E-state index in [9.17, 15) is 4.79 Å². The van der Waals surface area contributed by atoms with E-state index in [1.165, 1.54) is 5.56 Å². The maximum absolute atomic E-state index is 12.6. The van der Waals surface area contributed by atoms with Gasteiger partial charge in [0.2, 0.25) is 0 Å². The molecule has 0 unspecified atom stereocenters. The molecule has 5 nitrogen and oxygen atoms in total. The minimum Gasteiger partial charge on any atom is -0.342 e. The van der Waals surface area contributed by atoms with Crippen LogP contribution < -0.4 is 10.7 Å². The molecule has 2 amide bonds. The number of nitrogens with one attached hydrogen (secondary N) is 2. The molecule has 1 aromatic heterocycles. The zero-order chi connectivity index (χ0) is 24.1. The van der Waals surface area contributed by atoms with Crippen LogP contribution in [0.15, 0.2) is 96.7 Å². The van der Waals surface area contributed by atoms with Gasteiger partial charge in [-0.3, -0.25) is 0 Å². The van der Waals surface area contributed by atoms with Gasteiger partial charge in [0.25, 0.3) is 0 Å². The van der Waals surface area contributed by atoms with Crippen molar-refractivity contribution in [2.75, 3.05) is 0 Å². The van der Waals surface area contributed by atoms with Gasteiger partial charge < -0.3 is 9.88 Å². The zero-order valence-corrected chi connectivity index (χ0v) is 19.9. The second-order valence-electron chi connectivity index (χ2n) is 9.03. The highest BCUT2D eigenvalue weighted by Gasteiger charge is 2.23. The van der Waals surface area contributed by atoms with Crippen molar-refractivity contribution in [2.24, 2.45) is 5.10 Å². The maximum Gasteiger partial charge on any atom is 0.335 e. The largest absolute Gasteiger partial charge is 0.342 e. The number of allylic oxidation sites excluding steroid dienone is 1. The van der Waals surface area contributed by atoms with E-state index < -0.39 is 5.54 Å². The molecule has 0 atom stereocenters. The van der Waals surface area contributed by atoms with Crippen LogP contribution in [0.4, 0.5) is 4.79 Å². The van der Waals surface area contributed by atoms with E-state index in [0.717, 1.165) is 39.7 Å². The minimum atomic E-state index is -0.573. The number of fused-ring (bicyclic) bond motifs is 1. The lowest BCUT2D eigenvalue weighted by molar-refractivity contribution is 0.230. The second-order valence-corrected chi connectivity index (χ2v) is 9.03. The lowest BCUT2D eigenvalue weighted by atomic mass is 9.92. The Balaban J connectivity index is 1.47. The number of hydrogen-bond donors (Lipinski definition) is 2. The molecule has 0 aliphatic carbocycles. The summed E-state index contributed by atoms with van der Waals surface area (Å²) in [6, 6.07) is 26.2. The van der Waals surface area contributed by atoms with E-state index >= 15 is 0 Å². The Morgan fingerprint density at radius 2 is 1.76 bits per heavy atom. The number of benzene rings is 3. The van der Waals surface area contributed by atoms with Gasteiger partial charge in [-0.15, -0.1) is 0 Å². The molecule has 0 radical (unpaired) electrons. The molecule has 4 rings (SSSR count). The molecule has 0 aliphatic rings. The lowest BCUT2D eigenvalue weighted by Gasteiger charge is -2.27. The molecular weight excluding hydrogens is 420 g/mol. The van der Waals surface area contributed by atoms with E-state index in [1.807, 2.05) is 75.4 Å². The predicted octanol–water partition coefficient (Wildman–Crippen LogP) is 6.29. The van der Waals surface area contributed by atoms with Crippen LogP contribution in [0.2, 0.25) is 0 Å². The van der Waals surface area contributed by atoms with Gasteiger partial charge in [0.05, 0.1) is 11.8 Å². The fourth-order valence-corrected chi connectivity index (χ4v) is 4.01. The van der Waals surface area contributed by atoms with Gasteiger partial charge in [0.15, 0.2) is 0 Å². The van der Waals surface area contributed by atoms with Crippen molar-refractivity contribution in [1.82, 2.24) is 15.3 Å². The average molecular weight is 451 g/mol. The Morgan fingerprint density at radius 1 is 1.03 bits per heavy atom. The highest BCUT2D eigenvalue weighted by atomic mass is 16.2. The third kappa shape index (κ3) is 5.26. The Bertz CT molecular complexity index is 1350. The monoisotopic (exact) mass is 450 g/mol. The standard InChI is InChI=1S/C29H30N4O/c1-21(2)23-13-10-14-25(17-23)29(3,4)31-28(34)32-30-18-24-20-33(19-22-11-6-5-7-12-22)27-16-9-8-15-26(24)27/h5-18,20H,1,19H2,2-4H3,(H2,31,32,34). The van der Waals surface area contributed by atoms with E-state index in [0.29, 0.717) is 0 Å².